The van der Waals surface area contributed by atoms with Gasteiger partial charge in [0.1, 0.15) is 17.2 Å². The highest BCUT2D eigenvalue weighted by atomic mass is 16.6. The quantitative estimate of drug-likeness (QED) is 0.406. The van der Waals surface area contributed by atoms with Crippen molar-refractivity contribution in [3.63, 3.8) is 0 Å². The number of likely N-dealkylation sites (N-methyl/N-ethyl adjacent to an activating group) is 2. The Bertz CT molecular complexity index is 846. The maximum atomic E-state index is 12.5. The number of nitrogens with one attached hydrogen (secondary N) is 1. The smallest absolute Gasteiger partial charge is 0.347 e. The molecule has 1 saturated heterocycles. The number of esters is 1. The Labute approximate surface area is 207 Å². The van der Waals surface area contributed by atoms with Crippen LogP contribution in [0.15, 0.2) is 12.1 Å². The zero-order valence-electron chi connectivity index (χ0n) is 21.6. The van der Waals surface area contributed by atoms with Crippen LogP contribution in [0.25, 0.3) is 0 Å². The van der Waals surface area contributed by atoms with Gasteiger partial charge in [-0.05, 0) is 14.0 Å². The molecule has 1 atom stereocenters. The van der Waals surface area contributed by atoms with Gasteiger partial charge in [0.05, 0.1) is 34.3 Å². The number of carbonyl (C=O) groups excluding carboxylic acids is 3. The Morgan fingerprint density at radius 2 is 1.66 bits per heavy atom. The normalized spacial score (nSPS) is 15.1. The Hall–Kier alpha value is -3.05. The molecule has 0 aromatic heterocycles. The van der Waals surface area contributed by atoms with Crippen LogP contribution in [0.4, 0.5) is 0 Å². The summed E-state index contributed by atoms with van der Waals surface area (Å²) >= 11 is 0. The molecule has 0 saturated carbocycles. The molecule has 1 aromatic rings. The molecule has 1 aliphatic heterocycles. The van der Waals surface area contributed by atoms with Crippen LogP contribution >= 0.6 is 0 Å². The molecule has 1 aliphatic rings. The molecular formula is C24H38N4O7. The van der Waals surface area contributed by atoms with Crippen molar-refractivity contribution in [1.29, 1.82) is 0 Å². The van der Waals surface area contributed by atoms with Crippen molar-refractivity contribution >= 4 is 17.8 Å². The average molecular weight is 495 g/mol. The first kappa shape index (κ1) is 28.2. The first-order valence-corrected chi connectivity index (χ1v) is 11.6. The fraction of sp³-hybridized carbons (Fsp3) is 0.625. The third-order valence-electron chi connectivity index (χ3n) is 5.99. The number of ether oxygens (including phenoxy) is 4. The fourth-order valence-corrected chi connectivity index (χ4v) is 3.65. The number of piperazine rings is 1. The van der Waals surface area contributed by atoms with Gasteiger partial charge >= 0.3 is 5.97 Å². The van der Waals surface area contributed by atoms with Crippen LogP contribution in [0.3, 0.4) is 0 Å². The number of amides is 2. The Morgan fingerprint density at radius 3 is 2.20 bits per heavy atom. The number of nitrogens with zero attached hydrogens (tertiary/aromatic N) is 3. The maximum Gasteiger partial charge on any atom is 0.347 e. The minimum absolute atomic E-state index is 0.00170. The molecule has 2 rings (SSSR count). The van der Waals surface area contributed by atoms with Crippen molar-refractivity contribution in [3.8, 4) is 17.2 Å². The zero-order valence-corrected chi connectivity index (χ0v) is 21.6. The van der Waals surface area contributed by atoms with Crippen molar-refractivity contribution in [3.05, 3.63) is 17.7 Å². The van der Waals surface area contributed by atoms with E-state index in [2.05, 4.69) is 22.2 Å². The maximum absolute atomic E-state index is 12.5. The van der Waals surface area contributed by atoms with Gasteiger partial charge in [0.25, 0.3) is 0 Å². The highest BCUT2D eigenvalue weighted by Crippen LogP contribution is 2.33. The fourth-order valence-electron chi connectivity index (χ4n) is 3.65. The van der Waals surface area contributed by atoms with E-state index in [9.17, 15) is 14.4 Å². The van der Waals surface area contributed by atoms with Crippen LogP contribution in [0.1, 0.15) is 12.0 Å². The van der Waals surface area contributed by atoms with Crippen LogP contribution in [0, 0.1) is 6.92 Å². The SMILES string of the molecule is COC(=O)C(CC(=O)NCCN(C)C(=O)CN1CCN(C)CC1)Oc1cc(OC)c(C)c(OC)c1. The highest BCUT2D eigenvalue weighted by molar-refractivity contribution is 5.85. The van der Waals surface area contributed by atoms with E-state index in [0.717, 1.165) is 31.7 Å². The summed E-state index contributed by atoms with van der Waals surface area (Å²) in [6.45, 7) is 6.41. The Morgan fingerprint density at radius 1 is 1.06 bits per heavy atom. The zero-order chi connectivity index (χ0) is 26.0. The van der Waals surface area contributed by atoms with E-state index in [-0.39, 0.29) is 18.9 Å². The summed E-state index contributed by atoms with van der Waals surface area (Å²) in [4.78, 5) is 43.2. The summed E-state index contributed by atoms with van der Waals surface area (Å²) in [6.07, 6.45) is -1.40. The largest absolute Gasteiger partial charge is 0.496 e. The molecule has 196 valence electrons. The third-order valence-corrected chi connectivity index (χ3v) is 5.99. The van der Waals surface area contributed by atoms with Crippen molar-refractivity contribution in [2.45, 2.75) is 19.4 Å². The monoisotopic (exact) mass is 494 g/mol. The molecule has 2 amide bonds. The molecule has 1 heterocycles. The second kappa shape index (κ2) is 13.7. The Kier molecular flexibility index (Phi) is 11.1. The molecule has 0 aliphatic carbocycles. The van der Waals surface area contributed by atoms with Gasteiger partial charge in [-0.3, -0.25) is 14.5 Å². The molecular weight excluding hydrogens is 456 g/mol. The van der Waals surface area contributed by atoms with E-state index in [4.69, 9.17) is 18.9 Å². The number of benzene rings is 1. The third kappa shape index (κ3) is 8.59. The van der Waals surface area contributed by atoms with E-state index in [0.29, 0.717) is 30.3 Å². The van der Waals surface area contributed by atoms with Crippen molar-refractivity contribution in [1.82, 2.24) is 20.0 Å². The average Bonchev–Trinajstić information content (AvgIpc) is 2.85. The predicted octanol–water partition coefficient (Wildman–Crippen LogP) is 0.145. The highest BCUT2D eigenvalue weighted by Gasteiger charge is 2.26. The molecule has 1 unspecified atom stereocenters. The first-order chi connectivity index (χ1) is 16.7. The molecule has 0 spiro atoms. The summed E-state index contributed by atoms with van der Waals surface area (Å²) in [7, 11) is 8.04. The summed E-state index contributed by atoms with van der Waals surface area (Å²) < 4.78 is 21.2. The van der Waals surface area contributed by atoms with E-state index >= 15 is 0 Å². The molecule has 11 heteroatoms. The number of hydrogen-bond acceptors (Lipinski definition) is 9. The van der Waals surface area contributed by atoms with Gasteiger partial charge in [0, 0.05) is 64.0 Å². The minimum Gasteiger partial charge on any atom is -0.496 e. The first-order valence-electron chi connectivity index (χ1n) is 11.6. The summed E-state index contributed by atoms with van der Waals surface area (Å²) in [5.74, 6) is 0.279. The lowest BCUT2D eigenvalue weighted by Gasteiger charge is -2.32. The number of carbonyl (C=O) groups is 3. The Balaban J connectivity index is 1.87. The second-order valence-corrected chi connectivity index (χ2v) is 8.53. The van der Waals surface area contributed by atoms with Crippen molar-refractivity contribution in [2.24, 2.45) is 0 Å². The molecule has 11 nitrogen and oxygen atoms in total. The van der Waals surface area contributed by atoms with E-state index in [1.165, 1.54) is 21.3 Å². The van der Waals surface area contributed by atoms with Crippen LogP contribution < -0.4 is 19.5 Å². The van der Waals surface area contributed by atoms with Gasteiger partial charge < -0.3 is 34.1 Å². The summed E-state index contributed by atoms with van der Waals surface area (Å²) in [5, 5.41) is 2.74. The van der Waals surface area contributed by atoms with Crippen molar-refractivity contribution in [2.75, 3.05) is 81.2 Å². The molecule has 1 N–H and O–H groups in total. The molecule has 1 fully saturated rings. The van der Waals surface area contributed by atoms with Crippen LogP contribution in [0.2, 0.25) is 0 Å². The van der Waals surface area contributed by atoms with E-state index in [1.54, 1.807) is 24.1 Å². The standard InChI is InChI=1S/C24H38N4O7/c1-17-19(32-4)13-18(14-20(17)33-5)35-21(24(31)34-6)15-22(29)25-7-8-27(3)23(30)16-28-11-9-26(2)10-12-28/h13-14,21H,7-12,15-16H2,1-6H3,(H,25,29). The summed E-state index contributed by atoms with van der Waals surface area (Å²) in [6, 6.07) is 3.24. The van der Waals surface area contributed by atoms with Gasteiger partial charge in [-0.15, -0.1) is 0 Å². The lowest BCUT2D eigenvalue weighted by molar-refractivity contribution is -0.151. The van der Waals surface area contributed by atoms with Gasteiger partial charge in [-0.25, -0.2) is 4.79 Å². The lowest BCUT2D eigenvalue weighted by Crippen LogP contribution is -2.49. The lowest BCUT2D eigenvalue weighted by atomic mass is 10.2. The topological polar surface area (TPSA) is 110 Å². The molecule has 0 radical (unpaired) electrons. The van der Waals surface area contributed by atoms with Crippen LogP contribution in [-0.4, -0.2) is 120 Å². The van der Waals surface area contributed by atoms with Crippen LogP contribution in [-0.2, 0) is 19.1 Å². The molecule has 35 heavy (non-hydrogen) atoms. The second-order valence-electron chi connectivity index (χ2n) is 8.53. The van der Waals surface area contributed by atoms with Gasteiger partial charge in [0.2, 0.25) is 17.9 Å². The van der Waals surface area contributed by atoms with E-state index in [1.807, 2.05) is 6.92 Å². The minimum atomic E-state index is -1.16. The molecule has 0 bridgehead atoms. The van der Waals surface area contributed by atoms with Gasteiger partial charge in [0.15, 0.2) is 0 Å². The number of methoxy groups -OCH3 is 3. The predicted molar refractivity (Wildman–Crippen MR) is 130 cm³/mol. The van der Waals surface area contributed by atoms with E-state index < -0.39 is 18.0 Å². The summed E-state index contributed by atoms with van der Waals surface area (Å²) in [5.41, 5.74) is 0.779. The van der Waals surface area contributed by atoms with Gasteiger partial charge in [-0.1, -0.05) is 0 Å². The molecule has 1 aromatic carbocycles. The van der Waals surface area contributed by atoms with Crippen molar-refractivity contribution < 1.29 is 33.3 Å². The van der Waals surface area contributed by atoms with Gasteiger partial charge in [-0.2, -0.15) is 0 Å². The van der Waals surface area contributed by atoms with Crippen LogP contribution in [0.5, 0.6) is 17.2 Å². The number of rotatable bonds is 12. The number of hydrogen-bond donors (Lipinski definition) is 1.